The lowest BCUT2D eigenvalue weighted by molar-refractivity contribution is -0.0256. The van der Waals surface area contributed by atoms with Gasteiger partial charge >= 0.3 is 0 Å². The zero-order valence-electron chi connectivity index (χ0n) is 19.6. The summed E-state index contributed by atoms with van der Waals surface area (Å²) in [5, 5.41) is 17.5. The molecule has 0 bridgehead atoms. The van der Waals surface area contributed by atoms with Gasteiger partial charge in [0.2, 0.25) is 0 Å². The van der Waals surface area contributed by atoms with Gasteiger partial charge < -0.3 is 9.64 Å². The highest BCUT2D eigenvalue weighted by atomic mass is 16.5. The maximum atomic E-state index is 6.04. The Hall–Kier alpha value is -2.52. The number of nitrogens with zero attached hydrogens (tertiary/aromatic N) is 7. The van der Waals surface area contributed by atoms with Crippen LogP contribution in [0, 0.1) is 13.8 Å². The van der Waals surface area contributed by atoms with Crippen LogP contribution in [0.2, 0.25) is 0 Å². The Morgan fingerprint density at radius 3 is 2.53 bits per heavy atom. The van der Waals surface area contributed by atoms with E-state index in [1.807, 2.05) is 18.7 Å². The van der Waals surface area contributed by atoms with E-state index < -0.39 is 0 Å². The maximum Gasteiger partial charge on any atom is 0.181 e. The molecule has 172 valence electrons. The van der Waals surface area contributed by atoms with Crippen LogP contribution in [0.25, 0.3) is 22.8 Å². The molecule has 3 aromatic rings. The van der Waals surface area contributed by atoms with Crippen molar-refractivity contribution in [3.8, 4) is 22.8 Å². The summed E-state index contributed by atoms with van der Waals surface area (Å²) in [6, 6.07) is 2.45. The van der Waals surface area contributed by atoms with Crippen LogP contribution >= 0.6 is 0 Å². The number of aryl methyl sites for hydroxylation is 2. The first kappa shape index (κ1) is 21.3. The largest absolute Gasteiger partial charge is 0.367 e. The van der Waals surface area contributed by atoms with Gasteiger partial charge in [-0.15, -0.1) is 0 Å². The maximum absolute atomic E-state index is 6.04. The van der Waals surface area contributed by atoms with Crippen LogP contribution in [0.5, 0.6) is 0 Å². The fourth-order valence-electron chi connectivity index (χ4n) is 5.06. The van der Waals surface area contributed by atoms with Crippen molar-refractivity contribution in [1.82, 2.24) is 39.6 Å². The molecule has 9 heteroatoms. The lowest BCUT2D eigenvalue weighted by Gasteiger charge is -2.28. The third-order valence-electron chi connectivity index (χ3n) is 6.96. The highest BCUT2D eigenvalue weighted by Crippen LogP contribution is 2.33. The minimum Gasteiger partial charge on any atom is -0.367 e. The van der Waals surface area contributed by atoms with Crippen molar-refractivity contribution < 1.29 is 4.74 Å². The first-order valence-electron chi connectivity index (χ1n) is 11.8. The third-order valence-corrected chi connectivity index (χ3v) is 6.96. The molecule has 1 saturated carbocycles. The number of hydrogen-bond acceptors (Lipinski definition) is 6. The van der Waals surface area contributed by atoms with E-state index in [1.54, 1.807) is 0 Å². The van der Waals surface area contributed by atoms with E-state index in [4.69, 9.17) is 14.8 Å². The number of aromatic nitrogens is 7. The van der Waals surface area contributed by atoms with E-state index in [-0.39, 0.29) is 6.10 Å². The number of likely N-dealkylation sites (N-methyl/N-ethyl adjacent to an activating group) is 1. The van der Waals surface area contributed by atoms with Crippen LogP contribution < -0.4 is 0 Å². The molecule has 1 atom stereocenters. The van der Waals surface area contributed by atoms with Gasteiger partial charge in [0.05, 0.1) is 24.0 Å². The van der Waals surface area contributed by atoms with E-state index in [0.717, 1.165) is 65.9 Å². The van der Waals surface area contributed by atoms with Crippen molar-refractivity contribution in [3.05, 3.63) is 23.3 Å². The zero-order valence-corrected chi connectivity index (χ0v) is 19.6. The minimum absolute atomic E-state index is 0.0928. The normalized spacial score (nSPS) is 21.2. The lowest BCUT2D eigenvalue weighted by atomic mass is 10.1. The smallest absolute Gasteiger partial charge is 0.181 e. The SMILES string of the molecule is Cc1nn(C)c(C)c1-c1cc(-c2nc(C3CN(C)CCO3)nn2C2CCCCCC2)[nH]n1. The molecule has 2 aliphatic rings. The molecule has 0 amide bonds. The molecule has 5 rings (SSSR count). The summed E-state index contributed by atoms with van der Waals surface area (Å²) in [6.07, 6.45) is 7.28. The Morgan fingerprint density at radius 2 is 1.84 bits per heavy atom. The van der Waals surface area contributed by atoms with Gasteiger partial charge in [0.15, 0.2) is 11.6 Å². The third kappa shape index (κ3) is 3.99. The van der Waals surface area contributed by atoms with Crippen molar-refractivity contribution in [2.75, 3.05) is 26.7 Å². The highest BCUT2D eigenvalue weighted by molar-refractivity contribution is 5.69. The first-order valence-corrected chi connectivity index (χ1v) is 11.8. The van der Waals surface area contributed by atoms with Crippen LogP contribution in [0.3, 0.4) is 0 Å². The zero-order chi connectivity index (χ0) is 22.2. The molecule has 2 fully saturated rings. The number of morpholine rings is 1. The van der Waals surface area contributed by atoms with Gasteiger partial charge in [0.25, 0.3) is 0 Å². The van der Waals surface area contributed by atoms with Gasteiger partial charge in [-0.1, -0.05) is 25.7 Å². The molecule has 1 unspecified atom stereocenters. The molecule has 1 saturated heterocycles. The second-order valence-corrected chi connectivity index (χ2v) is 9.34. The van der Waals surface area contributed by atoms with E-state index in [9.17, 15) is 0 Å². The number of aromatic amines is 1. The van der Waals surface area contributed by atoms with Crippen LogP contribution in [0.15, 0.2) is 6.07 Å². The minimum atomic E-state index is -0.0928. The first-order chi connectivity index (χ1) is 15.5. The van der Waals surface area contributed by atoms with Gasteiger partial charge in [0, 0.05) is 31.4 Å². The molecule has 9 nitrogen and oxygen atoms in total. The van der Waals surface area contributed by atoms with Crippen molar-refractivity contribution in [3.63, 3.8) is 0 Å². The number of hydrogen-bond donors (Lipinski definition) is 1. The predicted molar refractivity (Wildman–Crippen MR) is 122 cm³/mol. The van der Waals surface area contributed by atoms with E-state index in [0.29, 0.717) is 12.6 Å². The lowest BCUT2D eigenvalue weighted by Crippen LogP contribution is -2.35. The van der Waals surface area contributed by atoms with Crippen molar-refractivity contribution >= 4 is 0 Å². The Labute approximate surface area is 189 Å². The summed E-state index contributed by atoms with van der Waals surface area (Å²) < 4.78 is 10.1. The number of rotatable bonds is 4. The topological polar surface area (TPSA) is 89.7 Å². The predicted octanol–water partition coefficient (Wildman–Crippen LogP) is 3.58. The quantitative estimate of drug-likeness (QED) is 0.626. The molecule has 4 heterocycles. The number of nitrogens with one attached hydrogen (secondary N) is 1. The number of ether oxygens (including phenoxy) is 1. The Balaban J connectivity index is 1.54. The van der Waals surface area contributed by atoms with Gasteiger partial charge in [-0.25, -0.2) is 9.67 Å². The monoisotopic (exact) mass is 438 g/mol. The van der Waals surface area contributed by atoms with Gasteiger partial charge in [-0.3, -0.25) is 9.78 Å². The summed E-state index contributed by atoms with van der Waals surface area (Å²) in [4.78, 5) is 7.29. The summed E-state index contributed by atoms with van der Waals surface area (Å²) in [7, 11) is 4.09. The summed E-state index contributed by atoms with van der Waals surface area (Å²) in [5.74, 6) is 1.64. The van der Waals surface area contributed by atoms with Crippen molar-refractivity contribution in [1.29, 1.82) is 0 Å². The second-order valence-electron chi connectivity index (χ2n) is 9.34. The Kier molecular flexibility index (Phi) is 5.86. The second kappa shape index (κ2) is 8.78. The summed E-state index contributed by atoms with van der Waals surface area (Å²) in [5.41, 5.74) is 4.95. The Bertz CT molecular complexity index is 1070. The molecule has 1 aliphatic heterocycles. The molecule has 0 aromatic carbocycles. The summed E-state index contributed by atoms with van der Waals surface area (Å²) >= 11 is 0. The van der Waals surface area contributed by atoms with Crippen LogP contribution in [0.1, 0.15) is 67.9 Å². The number of H-pyrrole nitrogens is 1. The van der Waals surface area contributed by atoms with Gasteiger partial charge in [-0.2, -0.15) is 15.3 Å². The molecule has 32 heavy (non-hydrogen) atoms. The van der Waals surface area contributed by atoms with E-state index in [1.165, 1.54) is 25.7 Å². The molecule has 1 N–H and O–H groups in total. The van der Waals surface area contributed by atoms with Crippen molar-refractivity contribution in [2.45, 2.75) is 64.5 Å². The van der Waals surface area contributed by atoms with Gasteiger partial charge in [-0.05, 0) is 39.8 Å². The summed E-state index contributed by atoms with van der Waals surface area (Å²) in [6.45, 7) is 6.57. The highest BCUT2D eigenvalue weighted by Gasteiger charge is 2.29. The van der Waals surface area contributed by atoms with Gasteiger partial charge in [0.1, 0.15) is 11.8 Å². The molecule has 3 aromatic heterocycles. The molecular formula is C23H34N8O. The molecule has 0 radical (unpaired) electrons. The molecule has 0 spiro atoms. The average molecular weight is 439 g/mol. The fourth-order valence-corrected chi connectivity index (χ4v) is 5.06. The van der Waals surface area contributed by atoms with Crippen LogP contribution in [-0.4, -0.2) is 66.4 Å². The van der Waals surface area contributed by atoms with Crippen LogP contribution in [-0.2, 0) is 11.8 Å². The fraction of sp³-hybridized carbons (Fsp3) is 0.652. The Morgan fingerprint density at radius 1 is 1.06 bits per heavy atom. The van der Waals surface area contributed by atoms with E-state index in [2.05, 4.69) is 44.9 Å². The van der Waals surface area contributed by atoms with Crippen molar-refractivity contribution in [2.24, 2.45) is 7.05 Å². The van der Waals surface area contributed by atoms with Crippen LogP contribution in [0.4, 0.5) is 0 Å². The molecule has 1 aliphatic carbocycles. The molecular weight excluding hydrogens is 404 g/mol. The standard InChI is InChI=1S/C23H34N8O/c1-15-21(16(2)30(4)27-15)18-13-19(26-25-18)23-24-22(20-14-29(3)11-12-32-20)28-31(23)17-9-7-5-6-8-10-17/h13,17,20H,5-12,14H2,1-4H3,(H,25,26). The van der Waals surface area contributed by atoms with E-state index >= 15 is 0 Å². The average Bonchev–Trinajstić information content (AvgIpc) is 3.41.